The van der Waals surface area contributed by atoms with Gasteiger partial charge >= 0.3 is 12.1 Å². The summed E-state index contributed by atoms with van der Waals surface area (Å²) >= 11 is 0. The number of hydrogen-bond acceptors (Lipinski definition) is 3. The van der Waals surface area contributed by atoms with Crippen molar-refractivity contribution < 1.29 is 19.4 Å². The molecule has 0 bridgehead atoms. The quantitative estimate of drug-likeness (QED) is 0.901. The number of ether oxygens (including phenoxy) is 1. The summed E-state index contributed by atoms with van der Waals surface area (Å²) in [5.41, 5.74) is -0.125. The van der Waals surface area contributed by atoms with E-state index in [1.54, 1.807) is 0 Å². The highest BCUT2D eigenvalue weighted by Crippen LogP contribution is 2.45. The summed E-state index contributed by atoms with van der Waals surface area (Å²) in [7, 11) is 0. The molecule has 124 valence electrons. The van der Waals surface area contributed by atoms with Crippen LogP contribution >= 0.6 is 0 Å². The number of aliphatic carboxylic acids is 1. The lowest BCUT2D eigenvalue weighted by molar-refractivity contribution is -0.145. The summed E-state index contributed by atoms with van der Waals surface area (Å²) in [6.45, 7) is 0.179. The molecule has 0 atom stereocenters. The van der Waals surface area contributed by atoms with E-state index >= 15 is 0 Å². The van der Waals surface area contributed by atoms with Crippen LogP contribution in [0.5, 0.6) is 0 Å². The normalized spacial score (nSPS) is 19.8. The first kappa shape index (κ1) is 15.8. The molecule has 0 heterocycles. The van der Waals surface area contributed by atoms with Crippen LogP contribution in [0.2, 0.25) is 0 Å². The van der Waals surface area contributed by atoms with Crippen molar-refractivity contribution in [1.82, 2.24) is 4.90 Å². The third kappa shape index (κ3) is 3.33. The first-order valence-corrected chi connectivity index (χ1v) is 8.37. The maximum absolute atomic E-state index is 12.6. The van der Waals surface area contributed by atoms with E-state index < -0.39 is 17.6 Å². The number of carboxylic acids is 1. The van der Waals surface area contributed by atoms with Gasteiger partial charge in [0.25, 0.3) is 0 Å². The van der Waals surface area contributed by atoms with Crippen molar-refractivity contribution >= 4 is 12.1 Å². The fraction of sp³-hybridized carbons (Fsp3) is 0.556. The Kier molecular flexibility index (Phi) is 4.55. The number of carbonyl (C=O) groups excluding carboxylic acids is 1. The number of hydrogen-bond donors (Lipinski definition) is 1. The Hall–Kier alpha value is -2.04. The molecule has 3 rings (SSSR count). The molecule has 0 spiro atoms. The minimum Gasteiger partial charge on any atom is -0.479 e. The van der Waals surface area contributed by atoms with E-state index in [9.17, 15) is 14.7 Å². The van der Waals surface area contributed by atoms with E-state index in [2.05, 4.69) is 0 Å². The van der Waals surface area contributed by atoms with Crippen molar-refractivity contribution in [2.75, 3.05) is 0 Å². The molecule has 2 aliphatic rings. The number of rotatable bonds is 5. The van der Waals surface area contributed by atoms with E-state index in [1.165, 1.54) is 4.90 Å². The minimum atomic E-state index is -1.03. The summed E-state index contributed by atoms with van der Waals surface area (Å²) < 4.78 is 5.44. The molecule has 5 nitrogen and oxygen atoms in total. The van der Waals surface area contributed by atoms with Gasteiger partial charge in [-0.25, -0.2) is 9.59 Å². The van der Waals surface area contributed by atoms with Gasteiger partial charge in [-0.2, -0.15) is 0 Å². The molecule has 0 unspecified atom stereocenters. The SMILES string of the molecule is O=C(OCc1ccccc1)N(C1CCCCC1)C1(C(=O)O)CC1. The molecule has 2 fully saturated rings. The Bertz CT molecular complexity index is 562. The molecule has 2 aliphatic carbocycles. The molecular weight excluding hydrogens is 294 g/mol. The number of carboxylic acid groups (broad SMARTS) is 1. The van der Waals surface area contributed by atoms with Crippen molar-refractivity contribution in [2.45, 2.75) is 63.1 Å². The summed E-state index contributed by atoms with van der Waals surface area (Å²) in [5.74, 6) is -0.903. The highest BCUT2D eigenvalue weighted by atomic mass is 16.6. The first-order chi connectivity index (χ1) is 11.1. The second-order valence-corrected chi connectivity index (χ2v) is 6.54. The van der Waals surface area contributed by atoms with Crippen molar-refractivity contribution in [3.05, 3.63) is 35.9 Å². The van der Waals surface area contributed by atoms with Crippen LogP contribution in [0.1, 0.15) is 50.5 Å². The molecular formula is C18H23NO4. The molecule has 1 aromatic carbocycles. The van der Waals surface area contributed by atoms with Crippen molar-refractivity contribution in [2.24, 2.45) is 0 Å². The lowest BCUT2D eigenvalue weighted by atomic mass is 9.93. The Morgan fingerprint density at radius 3 is 2.35 bits per heavy atom. The minimum absolute atomic E-state index is 0.00868. The lowest BCUT2D eigenvalue weighted by Gasteiger charge is -2.37. The number of benzene rings is 1. The molecule has 0 saturated heterocycles. The average Bonchev–Trinajstić information content (AvgIpc) is 3.37. The zero-order valence-electron chi connectivity index (χ0n) is 13.2. The largest absolute Gasteiger partial charge is 0.479 e. The standard InChI is InChI=1S/C18H23NO4/c20-16(21)18(11-12-18)19(15-9-5-2-6-10-15)17(22)23-13-14-7-3-1-4-8-14/h1,3-4,7-8,15H,2,5-6,9-13H2,(H,20,21). The monoisotopic (exact) mass is 317 g/mol. The highest BCUT2D eigenvalue weighted by Gasteiger charge is 2.59. The van der Waals surface area contributed by atoms with Crippen LogP contribution in [0.4, 0.5) is 4.79 Å². The summed E-state index contributed by atoms with van der Waals surface area (Å²) in [6.07, 6.45) is 5.55. The van der Waals surface area contributed by atoms with Gasteiger partial charge in [-0.15, -0.1) is 0 Å². The Morgan fingerprint density at radius 2 is 1.78 bits per heavy atom. The van der Waals surface area contributed by atoms with Crippen LogP contribution in [0, 0.1) is 0 Å². The van der Waals surface area contributed by atoms with Gasteiger partial charge in [-0.05, 0) is 31.2 Å². The predicted octanol–water partition coefficient (Wildman–Crippen LogP) is 3.58. The van der Waals surface area contributed by atoms with Gasteiger partial charge in [-0.1, -0.05) is 49.6 Å². The van der Waals surface area contributed by atoms with Crippen molar-refractivity contribution in [3.8, 4) is 0 Å². The molecule has 5 heteroatoms. The van der Waals surface area contributed by atoms with Crippen LogP contribution in [0.25, 0.3) is 0 Å². The number of amides is 1. The molecule has 0 radical (unpaired) electrons. The van der Waals surface area contributed by atoms with Crippen molar-refractivity contribution in [1.29, 1.82) is 0 Å². The zero-order valence-corrected chi connectivity index (χ0v) is 13.2. The van der Waals surface area contributed by atoms with E-state index in [0.717, 1.165) is 37.7 Å². The zero-order chi connectivity index (χ0) is 16.3. The van der Waals surface area contributed by atoms with Gasteiger partial charge in [0.05, 0.1) is 0 Å². The second kappa shape index (κ2) is 6.60. The Labute approximate surface area is 136 Å². The molecule has 0 aliphatic heterocycles. The second-order valence-electron chi connectivity index (χ2n) is 6.54. The van der Waals surface area contributed by atoms with Gasteiger partial charge in [0.2, 0.25) is 0 Å². The summed E-state index contributed by atoms with van der Waals surface area (Å²) in [5, 5.41) is 9.59. The van der Waals surface area contributed by atoms with Crippen LogP contribution in [0.15, 0.2) is 30.3 Å². The van der Waals surface area contributed by atoms with Crippen LogP contribution < -0.4 is 0 Å². The average molecular weight is 317 g/mol. The van der Waals surface area contributed by atoms with Crippen LogP contribution in [-0.4, -0.2) is 33.6 Å². The number of nitrogens with zero attached hydrogens (tertiary/aromatic N) is 1. The van der Waals surface area contributed by atoms with E-state index in [4.69, 9.17) is 4.74 Å². The predicted molar refractivity (Wildman–Crippen MR) is 84.9 cm³/mol. The van der Waals surface area contributed by atoms with Gasteiger partial charge in [0.1, 0.15) is 12.1 Å². The van der Waals surface area contributed by atoms with Gasteiger partial charge in [0.15, 0.2) is 0 Å². The van der Waals surface area contributed by atoms with Gasteiger partial charge in [-0.3, -0.25) is 4.90 Å². The van der Waals surface area contributed by atoms with E-state index in [-0.39, 0.29) is 12.6 Å². The fourth-order valence-electron chi connectivity index (χ4n) is 3.48. The topological polar surface area (TPSA) is 66.8 Å². The molecule has 1 amide bonds. The Balaban J connectivity index is 1.72. The first-order valence-electron chi connectivity index (χ1n) is 8.37. The number of carbonyl (C=O) groups is 2. The molecule has 23 heavy (non-hydrogen) atoms. The molecule has 1 aromatic rings. The molecule has 0 aromatic heterocycles. The smallest absolute Gasteiger partial charge is 0.411 e. The molecule has 2 saturated carbocycles. The lowest BCUT2D eigenvalue weighted by Crippen LogP contribution is -2.53. The Morgan fingerprint density at radius 1 is 1.13 bits per heavy atom. The third-order valence-electron chi connectivity index (χ3n) is 4.92. The van der Waals surface area contributed by atoms with Gasteiger partial charge in [0, 0.05) is 6.04 Å². The van der Waals surface area contributed by atoms with Crippen LogP contribution in [0.3, 0.4) is 0 Å². The third-order valence-corrected chi connectivity index (χ3v) is 4.92. The summed E-state index contributed by atoms with van der Waals surface area (Å²) in [4.78, 5) is 25.9. The maximum atomic E-state index is 12.6. The van der Waals surface area contributed by atoms with E-state index in [0.29, 0.717) is 12.8 Å². The maximum Gasteiger partial charge on any atom is 0.411 e. The van der Waals surface area contributed by atoms with Gasteiger partial charge < -0.3 is 9.84 Å². The van der Waals surface area contributed by atoms with Crippen molar-refractivity contribution in [3.63, 3.8) is 0 Å². The van der Waals surface area contributed by atoms with Crippen LogP contribution in [-0.2, 0) is 16.1 Å². The molecule has 1 N–H and O–H groups in total. The highest BCUT2D eigenvalue weighted by molar-refractivity contribution is 5.87. The van der Waals surface area contributed by atoms with E-state index in [1.807, 2.05) is 30.3 Å². The summed E-state index contributed by atoms with van der Waals surface area (Å²) in [6, 6.07) is 9.46. The fourth-order valence-corrected chi connectivity index (χ4v) is 3.48.